The molecule has 0 aromatic heterocycles. The number of hydrogen-bond acceptors (Lipinski definition) is 3. The zero-order chi connectivity index (χ0) is 12.3. The molecule has 102 valence electrons. The van der Waals surface area contributed by atoms with Gasteiger partial charge in [0, 0.05) is 32.7 Å². The first kappa shape index (κ1) is 15.2. The second kappa shape index (κ2) is 10.1. The Hall–Kier alpha value is 0.170. The lowest BCUT2D eigenvalue weighted by Gasteiger charge is -2.32. The maximum atomic E-state index is 5.81. The molecule has 1 unspecified atom stereocenters. The van der Waals surface area contributed by atoms with Gasteiger partial charge in [-0.15, -0.1) is 11.6 Å². The minimum absolute atomic E-state index is 0.696. The summed E-state index contributed by atoms with van der Waals surface area (Å²) in [7, 11) is 1.70. The number of halogens is 1. The van der Waals surface area contributed by atoms with Crippen molar-refractivity contribution < 1.29 is 9.47 Å². The minimum Gasteiger partial charge on any atom is -0.382 e. The van der Waals surface area contributed by atoms with Crippen molar-refractivity contribution in [3.8, 4) is 0 Å². The maximum Gasteiger partial charge on any atom is 0.0700 e. The fourth-order valence-corrected chi connectivity index (χ4v) is 2.69. The number of alkyl halides is 1. The highest BCUT2D eigenvalue weighted by Gasteiger charge is 2.18. The van der Waals surface area contributed by atoms with Crippen LogP contribution in [-0.2, 0) is 9.47 Å². The first-order valence-corrected chi connectivity index (χ1v) is 7.25. The third-order valence-corrected chi connectivity index (χ3v) is 3.53. The Morgan fingerprint density at radius 2 is 2.18 bits per heavy atom. The van der Waals surface area contributed by atoms with E-state index >= 15 is 0 Å². The van der Waals surface area contributed by atoms with Crippen LogP contribution in [0.3, 0.4) is 0 Å². The number of rotatable bonds is 9. The van der Waals surface area contributed by atoms with Crippen molar-refractivity contribution in [2.45, 2.75) is 25.7 Å². The van der Waals surface area contributed by atoms with Gasteiger partial charge >= 0.3 is 0 Å². The Morgan fingerprint density at radius 3 is 2.94 bits per heavy atom. The van der Waals surface area contributed by atoms with Crippen molar-refractivity contribution in [1.29, 1.82) is 0 Å². The number of methoxy groups -OCH3 is 1. The van der Waals surface area contributed by atoms with E-state index in [1.54, 1.807) is 7.11 Å². The van der Waals surface area contributed by atoms with E-state index < -0.39 is 0 Å². The van der Waals surface area contributed by atoms with E-state index in [0.717, 1.165) is 31.4 Å². The van der Waals surface area contributed by atoms with E-state index in [0.29, 0.717) is 13.2 Å². The number of ether oxygens (including phenoxy) is 2. The van der Waals surface area contributed by atoms with Crippen molar-refractivity contribution in [1.82, 2.24) is 4.90 Å². The SMILES string of the molecule is COCCOCCCN1CCCC(CCCl)C1. The van der Waals surface area contributed by atoms with Gasteiger partial charge in [-0.25, -0.2) is 0 Å². The van der Waals surface area contributed by atoms with E-state index in [-0.39, 0.29) is 0 Å². The van der Waals surface area contributed by atoms with Crippen LogP contribution in [0.1, 0.15) is 25.7 Å². The van der Waals surface area contributed by atoms with Crippen molar-refractivity contribution >= 4 is 11.6 Å². The summed E-state index contributed by atoms with van der Waals surface area (Å²) in [5.74, 6) is 1.62. The van der Waals surface area contributed by atoms with Crippen LogP contribution >= 0.6 is 11.6 Å². The van der Waals surface area contributed by atoms with E-state index in [1.165, 1.54) is 32.4 Å². The molecule has 1 saturated heterocycles. The molecule has 0 saturated carbocycles. The fourth-order valence-electron chi connectivity index (χ4n) is 2.38. The summed E-state index contributed by atoms with van der Waals surface area (Å²) in [6.45, 7) is 5.89. The molecule has 1 fully saturated rings. The summed E-state index contributed by atoms with van der Waals surface area (Å²) in [5.41, 5.74) is 0. The molecule has 0 amide bonds. The summed E-state index contributed by atoms with van der Waals surface area (Å²) in [6, 6.07) is 0. The van der Waals surface area contributed by atoms with Crippen LogP contribution in [0, 0.1) is 5.92 Å². The van der Waals surface area contributed by atoms with Gasteiger partial charge in [0.2, 0.25) is 0 Å². The molecule has 0 spiro atoms. The number of likely N-dealkylation sites (tertiary alicyclic amines) is 1. The summed E-state index contributed by atoms with van der Waals surface area (Å²) in [4.78, 5) is 2.56. The van der Waals surface area contributed by atoms with Crippen molar-refractivity contribution in [3.63, 3.8) is 0 Å². The third kappa shape index (κ3) is 7.24. The Kier molecular flexibility index (Phi) is 9.07. The summed E-state index contributed by atoms with van der Waals surface area (Å²) in [5, 5.41) is 0. The second-order valence-corrected chi connectivity index (χ2v) is 5.12. The minimum atomic E-state index is 0.696. The maximum absolute atomic E-state index is 5.81. The largest absolute Gasteiger partial charge is 0.382 e. The van der Waals surface area contributed by atoms with Crippen LogP contribution in [-0.4, -0.2) is 57.3 Å². The predicted molar refractivity (Wildman–Crippen MR) is 71.8 cm³/mol. The van der Waals surface area contributed by atoms with Crippen LogP contribution < -0.4 is 0 Å². The Labute approximate surface area is 110 Å². The van der Waals surface area contributed by atoms with Gasteiger partial charge in [0.15, 0.2) is 0 Å². The molecule has 3 nitrogen and oxygen atoms in total. The van der Waals surface area contributed by atoms with Crippen LogP contribution in [0.5, 0.6) is 0 Å². The summed E-state index contributed by atoms with van der Waals surface area (Å²) < 4.78 is 10.4. The van der Waals surface area contributed by atoms with E-state index in [9.17, 15) is 0 Å². The molecule has 0 bridgehead atoms. The van der Waals surface area contributed by atoms with Crippen molar-refractivity contribution in [3.05, 3.63) is 0 Å². The highest BCUT2D eigenvalue weighted by atomic mass is 35.5. The van der Waals surface area contributed by atoms with Crippen LogP contribution in [0.25, 0.3) is 0 Å². The molecule has 1 rings (SSSR count). The molecular weight excluding hydrogens is 238 g/mol. The number of piperidine rings is 1. The van der Waals surface area contributed by atoms with Crippen LogP contribution in [0.4, 0.5) is 0 Å². The molecule has 0 radical (unpaired) electrons. The normalized spacial score (nSPS) is 21.9. The van der Waals surface area contributed by atoms with Gasteiger partial charge in [-0.05, 0) is 38.1 Å². The predicted octanol–water partition coefficient (Wildman–Crippen LogP) is 2.38. The highest BCUT2D eigenvalue weighted by molar-refractivity contribution is 6.17. The summed E-state index contributed by atoms with van der Waals surface area (Å²) in [6.07, 6.45) is 4.97. The topological polar surface area (TPSA) is 21.7 Å². The van der Waals surface area contributed by atoms with E-state index in [4.69, 9.17) is 21.1 Å². The average molecular weight is 264 g/mol. The van der Waals surface area contributed by atoms with Crippen LogP contribution in [0.2, 0.25) is 0 Å². The van der Waals surface area contributed by atoms with Gasteiger partial charge in [0.05, 0.1) is 13.2 Å². The number of hydrogen-bond donors (Lipinski definition) is 0. The standard InChI is InChI=1S/C13H26ClNO2/c1-16-10-11-17-9-3-8-15-7-2-4-13(12-15)5-6-14/h13H,2-12H2,1H3. The molecule has 0 aromatic carbocycles. The molecule has 0 aliphatic carbocycles. The van der Waals surface area contributed by atoms with Gasteiger partial charge in [-0.2, -0.15) is 0 Å². The molecular formula is C13H26ClNO2. The first-order chi connectivity index (χ1) is 8.36. The molecule has 17 heavy (non-hydrogen) atoms. The lowest BCUT2D eigenvalue weighted by atomic mass is 9.95. The molecule has 1 aliphatic rings. The van der Waals surface area contributed by atoms with Gasteiger partial charge in [-0.1, -0.05) is 0 Å². The molecule has 0 aromatic rings. The zero-order valence-electron chi connectivity index (χ0n) is 11.0. The smallest absolute Gasteiger partial charge is 0.0700 e. The molecule has 1 aliphatic heterocycles. The number of nitrogens with zero attached hydrogens (tertiary/aromatic N) is 1. The molecule has 4 heteroatoms. The molecule has 1 heterocycles. The van der Waals surface area contributed by atoms with Gasteiger partial charge in [-0.3, -0.25) is 0 Å². The van der Waals surface area contributed by atoms with Gasteiger partial charge in [0.1, 0.15) is 0 Å². The summed E-state index contributed by atoms with van der Waals surface area (Å²) >= 11 is 5.81. The fraction of sp³-hybridized carbons (Fsp3) is 1.00. The van der Waals surface area contributed by atoms with Gasteiger partial charge in [0.25, 0.3) is 0 Å². The quantitative estimate of drug-likeness (QED) is 0.471. The lowest BCUT2D eigenvalue weighted by molar-refractivity contribution is 0.0623. The van der Waals surface area contributed by atoms with Crippen molar-refractivity contribution in [2.24, 2.45) is 5.92 Å². The average Bonchev–Trinajstić information content (AvgIpc) is 2.35. The third-order valence-electron chi connectivity index (χ3n) is 3.32. The Morgan fingerprint density at radius 1 is 1.29 bits per heavy atom. The van der Waals surface area contributed by atoms with Crippen molar-refractivity contribution in [2.75, 3.05) is 52.4 Å². The molecule has 0 N–H and O–H groups in total. The lowest BCUT2D eigenvalue weighted by Crippen LogP contribution is -2.36. The molecule has 1 atom stereocenters. The second-order valence-electron chi connectivity index (χ2n) is 4.75. The van der Waals surface area contributed by atoms with E-state index in [1.807, 2.05) is 0 Å². The van der Waals surface area contributed by atoms with E-state index in [2.05, 4.69) is 4.90 Å². The monoisotopic (exact) mass is 263 g/mol. The Balaban J connectivity index is 1.98. The highest BCUT2D eigenvalue weighted by Crippen LogP contribution is 2.19. The Bertz CT molecular complexity index is 179. The van der Waals surface area contributed by atoms with Gasteiger partial charge < -0.3 is 14.4 Å². The first-order valence-electron chi connectivity index (χ1n) is 6.71. The zero-order valence-corrected chi connectivity index (χ0v) is 11.8. The van der Waals surface area contributed by atoms with Crippen LogP contribution in [0.15, 0.2) is 0 Å².